The van der Waals surface area contributed by atoms with Gasteiger partial charge in [0.2, 0.25) is 0 Å². The quantitative estimate of drug-likeness (QED) is 0.187. The number of unbranched alkanes of at least 4 members (excludes halogenated alkanes) is 6. The zero-order valence-electron chi connectivity index (χ0n) is 21.8. The number of hydrogen-bond donors (Lipinski definition) is 6. The predicted octanol–water partition coefficient (Wildman–Crippen LogP) is 4.67. The Balaban J connectivity index is -0.0000000443. The average Bonchev–Trinajstić information content (AvgIpc) is 2.74. The van der Waals surface area contributed by atoms with Crippen molar-refractivity contribution in [3.05, 3.63) is 0 Å². The molecule has 0 spiro atoms. The Kier molecular flexibility index (Phi) is 122. The van der Waals surface area contributed by atoms with E-state index in [9.17, 15) is 0 Å². The normalized spacial score (nSPS) is 8.13. The summed E-state index contributed by atoms with van der Waals surface area (Å²) in [5.41, 5.74) is 0. The van der Waals surface area contributed by atoms with Crippen LogP contribution in [0.3, 0.4) is 0 Å². The van der Waals surface area contributed by atoms with Gasteiger partial charge in [0.15, 0.2) is 0 Å². The summed E-state index contributed by atoms with van der Waals surface area (Å²) in [6.07, 6.45) is 12.2. The third-order valence-corrected chi connectivity index (χ3v) is 3.07. The molecule has 0 fully saturated rings. The fourth-order valence-electron chi connectivity index (χ4n) is 0.949. The van der Waals surface area contributed by atoms with Crippen LogP contribution in [-0.2, 0) is 21.1 Å². The van der Waals surface area contributed by atoms with Gasteiger partial charge in [-0.1, -0.05) is 80.1 Å². The van der Waals surface area contributed by atoms with Crippen molar-refractivity contribution in [2.24, 2.45) is 0 Å². The first kappa shape index (κ1) is 48.8. The van der Waals surface area contributed by atoms with Crippen LogP contribution in [0.2, 0.25) is 0 Å². The van der Waals surface area contributed by atoms with Gasteiger partial charge in [-0.3, -0.25) is 0 Å². The average molecular weight is 629 g/mol. The van der Waals surface area contributed by atoms with Crippen molar-refractivity contribution in [3.63, 3.8) is 0 Å². The molecule has 0 saturated carbocycles. The van der Waals surface area contributed by atoms with Crippen molar-refractivity contribution in [1.29, 1.82) is 0 Å². The molecule has 0 heterocycles. The summed E-state index contributed by atoms with van der Waals surface area (Å²) in [7, 11) is 0. The SMILES string of the molecule is CCCCO.CCCCO.CCCCO.CCCCO.CCCCO.CCCCO.[W]. The first-order chi connectivity index (χ1) is 14.5. The molecule has 198 valence electrons. The molecular formula is C24H60O6W. The minimum Gasteiger partial charge on any atom is -0.396 e. The van der Waals surface area contributed by atoms with E-state index in [1.165, 1.54) is 0 Å². The van der Waals surface area contributed by atoms with Crippen molar-refractivity contribution in [2.75, 3.05) is 39.6 Å². The summed E-state index contributed by atoms with van der Waals surface area (Å²) in [5.74, 6) is 0. The Bertz CT molecular complexity index is 120. The van der Waals surface area contributed by atoms with Crippen molar-refractivity contribution >= 4 is 0 Å². The fourth-order valence-corrected chi connectivity index (χ4v) is 0.949. The van der Waals surface area contributed by atoms with Gasteiger partial charge in [0.05, 0.1) is 0 Å². The van der Waals surface area contributed by atoms with Gasteiger partial charge < -0.3 is 30.6 Å². The molecular weight excluding hydrogens is 568 g/mol. The smallest absolute Gasteiger partial charge is 0.0430 e. The van der Waals surface area contributed by atoms with E-state index in [0.717, 1.165) is 77.0 Å². The van der Waals surface area contributed by atoms with E-state index in [0.29, 0.717) is 39.6 Å². The van der Waals surface area contributed by atoms with Crippen molar-refractivity contribution in [2.45, 2.75) is 119 Å². The van der Waals surface area contributed by atoms with E-state index in [1.807, 2.05) is 0 Å². The number of hydrogen-bond acceptors (Lipinski definition) is 6. The molecule has 0 radical (unpaired) electrons. The van der Waals surface area contributed by atoms with Crippen LogP contribution < -0.4 is 0 Å². The number of aliphatic hydroxyl groups excluding tert-OH is 6. The molecule has 0 aliphatic heterocycles. The molecule has 6 nitrogen and oxygen atoms in total. The third-order valence-electron chi connectivity index (χ3n) is 3.07. The zero-order valence-corrected chi connectivity index (χ0v) is 24.8. The molecule has 0 saturated heterocycles. The van der Waals surface area contributed by atoms with Crippen LogP contribution in [0.25, 0.3) is 0 Å². The second kappa shape index (κ2) is 77.6. The van der Waals surface area contributed by atoms with Gasteiger partial charge in [0.1, 0.15) is 0 Å². The minimum atomic E-state index is 0. The number of rotatable bonds is 12. The monoisotopic (exact) mass is 628 g/mol. The molecule has 7 heteroatoms. The van der Waals surface area contributed by atoms with Crippen LogP contribution in [0, 0.1) is 0 Å². The molecule has 6 N–H and O–H groups in total. The molecule has 0 atom stereocenters. The molecule has 0 unspecified atom stereocenters. The predicted molar refractivity (Wildman–Crippen MR) is 132 cm³/mol. The maximum absolute atomic E-state index is 8.07. The van der Waals surface area contributed by atoms with Crippen LogP contribution in [0.1, 0.15) is 119 Å². The van der Waals surface area contributed by atoms with E-state index in [2.05, 4.69) is 41.5 Å². The zero-order chi connectivity index (χ0) is 24.7. The van der Waals surface area contributed by atoms with Crippen LogP contribution >= 0.6 is 0 Å². The Morgan fingerprint density at radius 2 is 0.387 bits per heavy atom. The van der Waals surface area contributed by atoms with Gasteiger partial charge in [-0.25, -0.2) is 0 Å². The van der Waals surface area contributed by atoms with Crippen LogP contribution in [0.15, 0.2) is 0 Å². The molecule has 31 heavy (non-hydrogen) atoms. The van der Waals surface area contributed by atoms with E-state index < -0.39 is 0 Å². The molecule has 0 aliphatic rings. The topological polar surface area (TPSA) is 121 Å². The second-order valence-electron chi connectivity index (χ2n) is 6.46. The molecule has 0 aromatic rings. The van der Waals surface area contributed by atoms with Gasteiger partial charge in [-0.15, -0.1) is 0 Å². The standard InChI is InChI=1S/6C4H10O.W/c6*1-2-3-4-5;/h6*5H,2-4H2,1H3;. The summed E-state index contributed by atoms with van der Waals surface area (Å²) in [6, 6.07) is 0. The second-order valence-corrected chi connectivity index (χ2v) is 6.46. The van der Waals surface area contributed by atoms with Crippen molar-refractivity contribution in [3.8, 4) is 0 Å². The first-order valence-electron chi connectivity index (χ1n) is 12.1. The number of aliphatic hydroxyl groups is 6. The van der Waals surface area contributed by atoms with Gasteiger partial charge in [0.25, 0.3) is 0 Å². The van der Waals surface area contributed by atoms with Crippen LogP contribution in [0.4, 0.5) is 0 Å². The van der Waals surface area contributed by atoms with Crippen molar-refractivity contribution < 1.29 is 51.7 Å². The van der Waals surface area contributed by atoms with E-state index >= 15 is 0 Å². The summed E-state index contributed by atoms with van der Waals surface area (Å²) in [6.45, 7) is 14.4. The van der Waals surface area contributed by atoms with Crippen LogP contribution in [0.5, 0.6) is 0 Å². The molecule has 0 aliphatic carbocycles. The van der Waals surface area contributed by atoms with Crippen molar-refractivity contribution in [1.82, 2.24) is 0 Å². The third kappa shape index (κ3) is 159. The summed E-state index contributed by atoms with van der Waals surface area (Å²) in [5, 5.41) is 48.4. The molecule has 0 aromatic heterocycles. The van der Waals surface area contributed by atoms with Gasteiger partial charge in [0, 0.05) is 60.7 Å². The summed E-state index contributed by atoms with van der Waals surface area (Å²) < 4.78 is 0. The Labute approximate surface area is 209 Å². The summed E-state index contributed by atoms with van der Waals surface area (Å²) in [4.78, 5) is 0. The Hall–Kier alpha value is 0.448. The molecule has 0 rings (SSSR count). The maximum atomic E-state index is 8.07. The Morgan fingerprint density at radius 1 is 0.290 bits per heavy atom. The van der Waals surface area contributed by atoms with Gasteiger partial charge >= 0.3 is 0 Å². The van der Waals surface area contributed by atoms with E-state index in [-0.39, 0.29) is 21.1 Å². The first-order valence-corrected chi connectivity index (χ1v) is 12.1. The maximum Gasteiger partial charge on any atom is 0.0430 e. The van der Waals surface area contributed by atoms with E-state index in [1.54, 1.807) is 0 Å². The Morgan fingerprint density at radius 3 is 0.387 bits per heavy atom. The van der Waals surface area contributed by atoms with Gasteiger partial charge in [-0.2, -0.15) is 0 Å². The minimum absolute atomic E-state index is 0. The fraction of sp³-hybridized carbons (Fsp3) is 1.00. The van der Waals surface area contributed by atoms with Gasteiger partial charge in [-0.05, 0) is 38.5 Å². The molecule has 0 bridgehead atoms. The summed E-state index contributed by atoms with van der Waals surface area (Å²) >= 11 is 0. The van der Waals surface area contributed by atoms with Crippen LogP contribution in [-0.4, -0.2) is 70.3 Å². The molecule has 0 amide bonds. The molecule has 0 aromatic carbocycles. The van der Waals surface area contributed by atoms with E-state index in [4.69, 9.17) is 30.6 Å². The largest absolute Gasteiger partial charge is 0.396 e.